The van der Waals surface area contributed by atoms with Crippen LogP contribution in [-0.4, -0.2) is 5.91 Å². The summed E-state index contributed by atoms with van der Waals surface area (Å²) in [7, 11) is 0. The smallest absolute Gasteiger partial charge is 0.248 e. The lowest BCUT2D eigenvalue weighted by molar-refractivity contribution is 0.1000. The van der Waals surface area contributed by atoms with E-state index < -0.39 is 11.7 Å². The Morgan fingerprint density at radius 1 is 1.19 bits per heavy atom. The molecule has 0 aliphatic carbocycles. The van der Waals surface area contributed by atoms with Gasteiger partial charge in [0.1, 0.15) is 18.2 Å². The van der Waals surface area contributed by atoms with Crippen LogP contribution in [0.2, 0.25) is 0 Å². The molecule has 0 saturated heterocycles. The Balaban J connectivity index is 2.24. The predicted octanol–water partition coefficient (Wildman–Crippen LogP) is 2.70. The maximum atomic E-state index is 13.7. The molecule has 0 atom stereocenters. The standard InChI is InChI=1S/C16H17FN2O2/c1-9-5-13(18)6-10(2)15(9)21-8-12-7-11(16(19)20)3-4-14(12)17/h3-7H,8,18H2,1-2H3,(H2,19,20). The first-order valence-electron chi connectivity index (χ1n) is 6.46. The zero-order valence-corrected chi connectivity index (χ0v) is 11.9. The Labute approximate surface area is 122 Å². The molecule has 0 saturated carbocycles. The van der Waals surface area contributed by atoms with Crippen molar-refractivity contribution in [2.45, 2.75) is 20.5 Å². The van der Waals surface area contributed by atoms with Gasteiger partial charge in [0.05, 0.1) is 0 Å². The van der Waals surface area contributed by atoms with Crippen LogP contribution >= 0.6 is 0 Å². The van der Waals surface area contributed by atoms with Gasteiger partial charge in [-0.25, -0.2) is 4.39 Å². The number of carbonyl (C=O) groups excluding carboxylic acids is 1. The van der Waals surface area contributed by atoms with Gasteiger partial charge in [-0.15, -0.1) is 0 Å². The second-order valence-corrected chi connectivity index (χ2v) is 4.94. The highest BCUT2D eigenvalue weighted by Crippen LogP contribution is 2.27. The molecule has 0 fully saturated rings. The number of rotatable bonds is 4. The van der Waals surface area contributed by atoms with Crippen molar-refractivity contribution >= 4 is 11.6 Å². The van der Waals surface area contributed by atoms with Gasteiger partial charge in [0.15, 0.2) is 0 Å². The maximum absolute atomic E-state index is 13.7. The van der Waals surface area contributed by atoms with E-state index in [1.165, 1.54) is 18.2 Å². The number of anilines is 1. The predicted molar refractivity (Wildman–Crippen MR) is 79.6 cm³/mol. The van der Waals surface area contributed by atoms with E-state index in [4.69, 9.17) is 16.2 Å². The van der Waals surface area contributed by atoms with E-state index in [-0.39, 0.29) is 17.7 Å². The molecule has 4 nitrogen and oxygen atoms in total. The van der Waals surface area contributed by atoms with Gasteiger partial charge in [-0.05, 0) is 55.3 Å². The molecule has 0 bridgehead atoms. The van der Waals surface area contributed by atoms with Crippen LogP contribution in [0.5, 0.6) is 5.75 Å². The average Bonchev–Trinajstić information content (AvgIpc) is 2.39. The third kappa shape index (κ3) is 3.31. The number of nitrogen functional groups attached to an aromatic ring is 1. The molecule has 5 heteroatoms. The largest absolute Gasteiger partial charge is 0.488 e. The molecule has 4 N–H and O–H groups in total. The molecule has 0 radical (unpaired) electrons. The van der Waals surface area contributed by atoms with Crippen molar-refractivity contribution in [3.05, 3.63) is 58.4 Å². The molecule has 0 aliphatic heterocycles. The molecule has 0 unspecified atom stereocenters. The summed E-state index contributed by atoms with van der Waals surface area (Å²) in [6.07, 6.45) is 0. The van der Waals surface area contributed by atoms with Crippen molar-refractivity contribution in [2.24, 2.45) is 5.73 Å². The van der Waals surface area contributed by atoms with Gasteiger partial charge in [-0.2, -0.15) is 0 Å². The number of carbonyl (C=O) groups is 1. The van der Waals surface area contributed by atoms with E-state index in [1.54, 1.807) is 12.1 Å². The molecule has 21 heavy (non-hydrogen) atoms. The first kappa shape index (κ1) is 14.8. The molecule has 2 aromatic carbocycles. The summed E-state index contributed by atoms with van der Waals surface area (Å²) in [4.78, 5) is 11.1. The third-order valence-corrected chi connectivity index (χ3v) is 3.18. The van der Waals surface area contributed by atoms with Crippen LogP contribution in [-0.2, 0) is 6.61 Å². The molecule has 110 valence electrons. The van der Waals surface area contributed by atoms with E-state index in [9.17, 15) is 9.18 Å². The Hall–Kier alpha value is -2.56. The van der Waals surface area contributed by atoms with Crippen molar-refractivity contribution in [3.8, 4) is 5.75 Å². The van der Waals surface area contributed by atoms with Gasteiger partial charge in [-0.3, -0.25) is 4.79 Å². The molecular weight excluding hydrogens is 271 g/mol. The van der Waals surface area contributed by atoms with Crippen LogP contribution in [0.3, 0.4) is 0 Å². The monoisotopic (exact) mass is 288 g/mol. The number of halogens is 1. The van der Waals surface area contributed by atoms with Gasteiger partial charge < -0.3 is 16.2 Å². The molecule has 1 amide bonds. The minimum absolute atomic E-state index is 0.0125. The Morgan fingerprint density at radius 3 is 2.38 bits per heavy atom. The zero-order valence-electron chi connectivity index (χ0n) is 11.9. The number of primary amides is 1. The first-order chi connectivity index (χ1) is 9.88. The highest BCUT2D eigenvalue weighted by molar-refractivity contribution is 5.92. The maximum Gasteiger partial charge on any atom is 0.248 e. The second kappa shape index (κ2) is 5.83. The molecule has 2 aromatic rings. The average molecular weight is 288 g/mol. The van der Waals surface area contributed by atoms with Crippen LogP contribution in [0.1, 0.15) is 27.0 Å². The quantitative estimate of drug-likeness (QED) is 0.849. The number of hydrogen-bond donors (Lipinski definition) is 2. The van der Waals surface area contributed by atoms with Crippen LogP contribution in [0.25, 0.3) is 0 Å². The Bertz CT molecular complexity index is 676. The van der Waals surface area contributed by atoms with Crippen molar-refractivity contribution < 1.29 is 13.9 Å². The molecule has 0 heterocycles. The minimum Gasteiger partial charge on any atom is -0.488 e. The lowest BCUT2D eigenvalue weighted by Crippen LogP contribution is -2.12. The van der Waals surface area contributed by atoms with Crippen molar-refractivity contribution in [1.82, 2.24) is 0 Å². The third-order valence-electron chi connectivity index (χ3n) is 3.18. The lowest BCUT2D eigenvalue weighted by Gasteiger charge is -2.13. The van der Waals surface area contributed by atoms with Crippen LogP contribution in [0, 0.1) is 19.7 Å². The molecule has 0 aliphatic rings. The fourth-order valence-corrected chi connectivity index (χ4v) is 2.20. The van der Waals surface area contributed by atoms with E-state index >= 15 is 0 Å². The molecule has 0 spiro atoms. The summed E-state index contributed by atoms with van der Waals surface area (Å²) in [6, 6.07) is 7.54. The highest BCUT2D eigenvalue weighted by Gasteiger charge is 2.10. The SMILES string of the molecule is Cc1cc(N)cc(C)c1OCc1cc(C(N)=O)ccc1F. The molecular formula is C16H17FN2O2. The molecule has 2 rings (SSSR count). The first-order valence-corrected chi connectivity index (χ1v) is 6.46. The van der Waals surface area contributed by atoms with Crippen LogP contribution in [0.15, 0.2) is 30.3 Å². The van der Waals surface area contributed by atoms with Crippen LogP contribution < -0.4 is 16.2 Å². The highest BCUT2D eigenvalue weighted by atomic mass is 19.1. The number of amides is 1. The fraction of sp³-hybridized carbons (Fsp3) is 0.188. The summed E-state index contributed by atoms with van der Waals surface area (Å²) < 4.78 is 19.4. The number of ether oxygens (including phenoxy) is 1. The van der Waals surface area contributed by atoms with E-state index in [2.05, 4.69) is 0 Å². The van der Waals surface area contributed by atoms with Gasteiger partial charge in [0.2, 0.25) is 5.91 Å². The number of benzene rings is 2. The summed E-state index contributed by atoms with van der Waals surface area (Å²) >= 11 is 0. The zero-order chi connectivity index (χ0) is 15.6. The normalized spacial score (nSPS) is 10.4. The van der Waals surface area contributed by atoms with Crippen molar-refractivity contribution in [3.63, 3.8) is 0 Å². The summed E-state index contributed by atoms with van der Waals surface area (Å²) in [6.45, 7) is 3.75. The van der Waals surface area contributed by atoms with Crippen LogP contribution in [0.4, 0.5) is 10.1 Å². The van der Waals surface area contributed by atoms with E-state index in [0.717, 1.165) is 11.1 Å². The number of hydrogen-bond acceptors (Lipinski definition) is 3. The van der Waals surface area contributed by atoms with E-state index in [1.807, 2.05) is 13.8 Å². The topological polar surface area (TPSA) is 78.3 Å². The van der Waals surface area contributed by atoms with Gasteiger partial charge in [-0.1, -0.05) is 0 Å². The summed E-state index contributed by atoms with van der Waals surface area (Å²) in [5, 5.41) is 0. The summed E-state index contributed by atoms with van der Waals surface area (Å²) in [5.41, 5.74) is 13.9. The van der Waals surface area contributed by atoms with Gasteiger partial charge >= 0.3 is 0 Å². The molecule has 0 aromatic heterocycles. The van der Waals surface area contributed by atoms with Gasteiger partial charge in [0.25, 0.3) is 0 Å². The Morgan fingerprint density at radius 2 is 1.81 bits per heavy atom. The lowest BCUT2D eigenvalue weighted by atomic mass is 10.1. The fourth-order valence-electron chi connectivity index (χ4n) is 2.20. The van der Waals surface area contributed by atoms with Crippen molar-refractivity contribution in [1.29, 1.82) is 0 Å². The minimum atomic E-state index is -0.601. The second-order valence-electron chi connectivity index (χ2n) is 4.94. The number of nitrogens with two attached hydrogens (primary N) is 2. The number of aryl methyl sites for hydroxylation is 2. The Kier molecular flexibility index (Phi) is 4.12. The van der Waals surface area contributed by atoms with Crippen molar-refractivity contribution in [2.75, 3.05) is 5.73 Å². The van der Waals surface area contributed by atoms with Gasteiger partial charge in [0, 0.05) is 16.8 Å². The van der Waals surface area contributed by atoms with E-state index in [0.29, 0.717) is 11.4 Å². The summed E-state index contributed by atoms with van der Waals surface area (Å²) in [5.74, 6) is -0.380.